The minimum Gasteiger partial charge on any atom is -0.353 e. The zero-order valence-corrected chi connectivity index (χ0v) is 13.1. The number of aromatic nitrogens is 3. The Morgan fingerprint density at radius 3 is 2.58 bits per heavy atom. The fourth-order valence-electron chi connectivity index (χ4n) is 2.44. The minimum absolute atomic E-state index is 0.172. The summed E-state index contributed by atoms with van der Waals surface area (Å²) < 4.78 is 38.3. The molecule has 0 saturated carbocycles. The predicted molar refractivity (Wildman–Crippen MR) is 84.3 cm³/mol. The molecule has 1 aromatic heterocycles. The van der Waals surface area contributed by atoms with Gasteiger partial charge in [-0.25, -0.2) is 0 Å². The van der Waals surface area contributed by atoms with Crippen molar-refractivity contribution in [2.75, 3.05) is 43.4 Å². The molecule has 0 amide bonds. The van der Waals surface area contributed by atoms with Gasteiger partial charge in [0.05, 0.1) is 11.8 Å². The number of anilines is 3. The van der Waals surface area contributed by atoms with Crippen LogP contribution in [0.2, 0.25) is 0 Å². The van der Waals surface area contributed by atoms with E-state index in [9.17, 15) is 13.2 Å². The van der Waals surface area contributed by atoms with Gasteiger partial charge in [-0.15, -0.1) is 5.10 Å². The van der Waals surface area contributed by atoms with Crippen molar-refractivity contribution < 1.29 is 13.2 Å². The normalized spacial score (nSPS) is 16.2. The van der Waals surface area contributed by atoms with Gasteiger partial charge in [0.15, 0.2) is 5.82 Å². The van der Waals surface area contributed by atoms with Crippen LogP contribution in [0.5, 0.6) is 0 Å². The molecule has 1 aliphatic rings. The van der Waals surface area contributed by atoms with E-state index in [0.717, 1.165) is 38.3 Å². The van der Waals surface area contributed by atoms with Crippen LogP contribution < -0.4 is 10.2 Å². The van der Waals surface area contributed by atoms with E-state index in [4.69, 9.17) is 0 Å². The molecule has 2 heterocycles. The van der Waals surface area contributed by atoms with Gasteiger partial charge in [0.2, 0.25) is 5.95 Å². The summed E-state index contributed by atoms with van der Waals surface area (Å²) in [5.41, 5.74) is -0.460. The van der Waals surface area contributed by atoms with E-state index in [1.807, 2.05) is 0 Å². The van der Waals surface area contributed by atoms with Gasteiger partial charge in [-0.1, -0.05) is 6.07 Å². The van der Waals surface area contributed by atoms with Crippen molar-refractivity contribution in [3.63, 3.8) is 0 Å². The number of piperazine rings is 1. The molecule has 0 radical (unpaired) electrons. The first-order chi connectivity index (χ1) is 11.4. The summed E-state index contributed by atoms with van der Waals surface area (Å²) in [7, 11) is 2.05. The quantitative estimate of drug-likeness (QED) is 0.927. The molecule has 3 rings (SSSR count). The molecule has 0 unspecified atom stereocenters. The van der Waals surface area contributed by atoms with Crippen LogP contribution >= 0.6 is 0 Å². The van der Waals surface area contributed by atoms with Crippen LogP contribution in [0, 0.1) is 0 Å². The molecular weight excluding hydrogens is 321 g/mol. The summed E-state index contributed by atoms with van der Waals surface area (Å²) in [5, 5.41) is 10.5. The van der Waals surface area contributed by atoms with Gasteiger partial charge in [0, 0.05) is 31.9 Å². The zero-order valence-electron chi connectivity index (χ0n) is 13.1. The van der Waals surface area contributed by atoms with E-state index in [0.29, 0.717) is 5.82 Å². The maximum Gasteiger partial charge on any atom is 0.416 e. The lowest BCUT2D eigenvalue weighted by Gasteiger charge is -2.32. The van der Waals surface area contributed by atoms with Crippen LogP contribution in [0.3, 0.4) is 0 Å². The maximum absolute atomic E-state index is 12.8. The second-order valence-corrected chi connectivity index (χ2v) is 5.63. The van der Waals surface area contributed by atoms with Crippen molar-refractivity contribution in [1.82, 2.24) is 20.1 Å². The lowest BCUT2D eigenvalue weighted by Crippen LogP contribution is -2.44. The summed E-state index contributed by atoms with van der Waals surface area (Å²) in [6, 6.07) is 4.90. The molecule has 1 aromatic carbocycles. The third kappa shape index (κ3) is 3.91. The highest BCUT2D eigenvalue weighted by atomic mass is 19.4. The molecule has 1 fully saturated rings. The molecule has 24 heavy (non-hydrogen) atoms. The number of hydrogen-bond donors (Lipinski definition) is 1. The number of rotatable bonds is 3. The van der Waals surface area contributed by atoms with Gasteiger partial charge < -0.3 is 15.1 Å². The molecule has 0 bridgehead atoms. The van der Waals surface area contributed by atoms with Crippen molar-refractivity contribution >= 4 is 17.5 Å². The molecule has 0 atom stereocenters. The number of nitrogens with one attached hydrogen (secondary N) is 1. The fraction of sp³-hybridized carbons (Fsp3) is 0.400. The Bertz CT molecular complexity index is 698. The Morgan fingerprint density at radius 1 is 1.12 bits per heavy atom. The van der Waals surface area contributed by atoms with Crippen LogP contribution in [0.25, 0.3) is 0 Å². The van der Waals surface area contributed by atoms with Crippen LogP contribution in [0.4, 0.5) is 30.6 Å². The number of likely N-dealkylation sites (N-methyl/N-ethyl adjacent to an activating group) is 1. The summed E-state index contributed by atoms with van der Waals surface area (Å²) in [5.74, 6) is 0.832. The van der Waals surface area contributed by atoms with E-state index in [2.05, 4.69) is 37.3 Å². The standard InChI is InChI=1S/C15H17F3N6/c1-23-5-7-24(8-6-23)13-10-19-22-14(21-13)20-12-4-2-3-11(9-12)15(16,17)18/h2-4,9-10H,5-8H2,1H3,(H,20,21,22). The van der Waals surface area contributed by atoms with Crippen molar-refractivity contribution in [3.8, 4) is 0 Å². The number of hydrogen-bond acceptors (Lipinski definition) is 6. The second kappa shape index (κ2) is 6.60. The van der Waals surface area contributed by atoms with Gasteiger partial charge in [0.1, 0.15) is 0 Å². The molecular formula is C15H17F3N6. The SMILES string of the molecule is CN1CCN(c2cnnc(Nc3cccc(C(F)(F)F)c3)n2)CC1. The van der Waals surface area contributed by atoms with Gasteiger partial charge in [-0.3, -0.25) is 0 Å². The van der Waals surface area contributed by atoms with Gasteiger partial charge in [0.25, 0.3) is 0 Å². The lowest BCUT2D eigenvalue weighted by atomic mass is 10.2. The first kappa shape index (κ1) is 16.4. The second-order valence-electron chi connectivity index (χ2n) is 5.63. The highest BCUT2D eigenvalue weighted by Gasteiger charge is 2.30. The third-order valence-electron chi connectivity index (χ3n) is 3.82. The Morgan fingerprint density at radius 2 is 1.88 bits per heavy atom. The van der Waals surface area contributed by atoms with E-state index >= 15 is 0 Å². The number of alkyl halides is 3. The monoisotopic (exact) mass is 338 g/mol. The molecule has 0 aliphatic carbocycles. The van der Waals surface area contributed by atoms with E-state index in [1.165, 1.54) is 12.1 Å². The van der Waals surface area contributed by atoms with Crippen LogP contribution in [-0.4, -0.2) is 53.3 Å². The number of halogens is 3. The molecule has 9 heteroatoms. The highest BCUT2D eigenvalue weighted by molar-refractivity contribution is 5.55. The number of nitrogens with zero attached hydrogens (tertiary/aromatic N) is 5. The molecule has 1 N–H and O–H groups in total. The van der Waals surface area contributed by atoms with E-state index < -0.39 is 11.7 Å². The average molecular weight is 338 g/mol. The van der Waals surface area contributed by atoms with Crippen molar-refractivity contribution in [1.29, 1.82) is 0 Å². The lowest BCUT2D eigenvalue weighted by molar-refractivity contribution is -0.137. The molecule has 128 valence electrons. The van der Waals surface area contributed by atoms with Gasteiger partial charge >= 0.3 is 6.18 Å². The predicted octanol–water partition coefficient (Wildman–Crippen LogP) is 2.39. The van der Waals surface area contributed by atoms with Crippen molar-refractivity contribution in [3.05, 3.63) is 36.0 Å². The summed E-state index contributed by atoms with van der Waals surface area (Å²) in [6.45, 7) is 3.47. The highest BCUT2D eigenvalue weighted by Crippen LogP contribution is 2.31. The van der Waals surface area contributed by atoms with Gasteiger partial charge in [-0.2, -0.15) is 23.3 Å². The maximum atomic E-state index is 12.8. The largest absolute Gasteiger partial charge is 0.416 e. The minimum atomic E-state index is -4.39. The first-order valence-corrected chi connectivity index (χ1v) is 7.49. The summed E-state index contributed by atoms with van der Waals surface area (Å²) in [4.78, 5) is 8.64. The smallest absolute Gasteiger partial charge is 0.353 e. The Kier molecular flexibility index (Phi) is 4.52. The average Bonchev–Trinajstić information content (AvgIpc) is 2.55. The Hall–Kier alpha value is -2.42. The zero-order chi connectivity index (χ0) is 17.2. The van der Waals surface area contributed by atoms with E-state index in [-0.39, 0.29) is 11.6 Å². The Labute approximate surface area is 137 Å². The molecule has 1 saturated heterocycles. The van der Waals surface area contributed by atoms with Crippen molar-refractivity contribution in [2.24, 2.45) is 0 Å². The fourth-order valence-corrected chi connectivity index (χ4v) is 2.44. The summed E-state index contributed by atoms with van der Waals surface area (Å²) >= 11 is 0. The number of benzene rings is 1. The van der Waals surface area contributed by atoms with E-state index in [1.54, 1.807) is 6.20 Å². The van der Waals surface area contributed by atoms with Crippen molar-refractivity contribution in [2.45, 2.75) is 6.18 Å². The van der Waals surface area contributed by atoms with Gasteiger partial charge in [-0.05, 0) is 25.2 Å². The third-order valence-corrected chi connectivity index (χ3v) is 3.82. The Balaban J connectivity index is 1.75. The van der Waals surface area contributed by atoms with Crippen LogP contribution in [-0.2, 0) is 6.18 Å². The molecule has 2 aromatic rings. The molecule has 0 spiro atoms. The summed E-state index contributed by atoms with van der Waals surface area (Å²) in [6.07, 6.45) is -2.83. The topological polar surface area (TPSA) is 57.2 Å². The first-order valence-electron chi connectivity index (χ1n) is 7.49. The van der Waals surface area contributed by atoms with Crippen LogP contribution in [0.15, 0.2) is 30.5 Å². The molecule has 1 aliphatic heterocycles. The molecule has 6 nitrogen and oxygen atoms in total. The van der Waals surface area contributed by atoms with Crippen LogP contribution in [0.1, 0.15) is 5.56 Å².